The van der Waals surface area contributed by atoms with E-state index < -0.39 is 6.43 Å². The Morgan fingerprint density at radius 2 is 2.00 bits per heavy atom. The molecule has 0 amide bonds. The summed E-state index contributed by atoms with van der Waals surface area (Å²) in [5.41, 5.74) is 0. The fraction of sp³-hybridized carbons (Fsp3) is 0.875. The van der Waals surface area contributed by atoms with Gasteiger partial charge in [-0.05, 0) is 25.9 Å². The third-order valence-corrected chi connectivity index (χ3v) is 2.17. The highest BCUT2D eigenvalue weighted by Gasteiger charge is 2.20. The molecule has 1 fully saturated rings. The SMILES string of the molecule is N#CC1CCN(CC(F)F)CC1. The topological polar surface area (TPSA) is 27.0 Å². The van der Waals surface area contributed by atoms with Crippen molar-refractivity contribution in [2.75, 3.05) is 19.6 Å². The van der Waals surface area contributed by atoms with Crippen molar-refractivity contribution < 1.29 is 8.78 Å². The minimum absolute atomic E-state index is 0.0823. The molecule has 0 N–H and O–H groups in total. The van der Waals surface area contributed by atoms with Crippen LogP contribution in [0.2, 0.25) is 0 Å². The Labute approximate surface area is 70.8 Å². The van der Waals surface area contributed by atoms with E-state index >= 15 is 0 Å². The van der Waals surface area contributed by atoms with Crippen molar-refractivity contribution in [3.05, 3.63) is 0 Å². The van der Waals surface area contributed by atoms with Crippen LogP contribution in [-0.4, -0.2) is 31.0 Å². The highest BCUT2D eigenvalue weighted by atomic mass is 19.3. The predicted molar refractivity (Wildman–Crippen MR) is 40.8 cm³/mol. The molecular weight excluding hydrogens is 162 g/mol. The molecule has 1 aliphatic heterocycles. The first-order valence-corrected chi connectivity index (χ1v) is 4.12. The molecular formula is C8H12F2N2. The highest BCUT2D eigenvalue weighted by molar-refractivity contribution is 4.87. The summed E-state index contributed by atoms with van der Waals surface area (Å²) >= 11 is 0. The van der Waals surface area contributed by atoms with Gasteiger partial charge in [-0.2, -0.15) is 5.26 Å². The lowest BCUT2D eigenvalue weighted by Gasteiger charge is -2.28. The highest BCUT2D eigenvalue weighted by Crippen LogP contribution is 2.16. The normalized spacial score (nSPS) is 21.2. The van der Waals surface area contributed by atoms with Crippen LogP contribution in [0.5, 0.6) is 0 Å². The van der Waals surface area contributed by atoms with Crippen molar-refractivity contribution >= 4 is 0 Å². The van der Waals surface area contributed by atoms with E-state index in [2.05, 4.69) is 6.07 Å². The maximum Gasteiger partial charge on any atom is 0.251 e. The van der Waals surface area contributed by atoms with E-state index in [0.717, 1.165) is 12.8 Å². The summed E-state index contributed by atoms with van der Waals surface area (Å²) < 4.78 is 23.8. The zero-order valence-corrected chi connectivity index (χ0v) is 6.84. The van der Waals surface area contributed by atoms with Gasteiger partial charge in [0.2, 0.25) is 0 Å². The first-order valence-electron chi connectivity index (χ1n) is 4.12. The molecule has 1 saturated heterocycles. The van der Waals surface area contributed by atoms with Crippen LogP contribution in [0.1, 0.15) is 12.8 Å². The number of piperidine rings is 1. The number of nitriles is 1. The second-order valence-corrected chi connectivity index (χ2v) is 3.10. The molecule has 2 nitrogen and oxygen atoms in total. The van der Waals surface area contributed by atoms with Crippen LogP contribution < -0.4 is 0 Å². The van der Waals surface area contributed by atoms with Crippen LogP contribution in [0.4, 0.5) is 8.78 Å². The molecule has 12 heavy (non-hydrogen) atoms. The molecule has 0 aromatic rings. The Morgan fingerprint density at radius 3 is 2.42 bits per heavy atom. The van der Waals surface area contributed by atoms with Gasteiger partial charge in [0.05, 0.1) is 12.6 Å². The lowest BCUT2D eigenvalue weighted by molar-refractivity contribution is 0.0738. The minimum Gasteiger partial charge on any atom is -0.298 e. The Hall–Kier alpha value is -0.690. The van der Waals surface area contributed by atoms with Crippen molar-refractivity contribution in [1.82, 2.24) is 4.90 Å². The van der Waals surface area contributed by atoms with Crippen LogP contribution in [0, 0.1) is 17.2 Å². The molecule has 1 heterocycles. The number of rotatable bonds is 2. The number of hydrogen-bond acceptors (Lipinski definition) is 2. The number of hydrogen-bond donors (Lipinski definition) is 0. The molecule has 0 aromatic heterocycles. The van der Waals surface area contributed by atoms with Crippen LogP contribution in [0.3, 0.4) is 0 Å². The van der Waals surface area contributed by atoms with Crippen molar-refractivity contribution in [1.29, 1.82) is 5.26 Å². The Bertz CT molecular complexity index is 168. The van der Waals surface area contributed by atoms with E-state index in [1.165, 1.54) is 0 Å². The van der Waals surface area contributed by atoms with Gasteiger partial charge in [0, 0.05) is 5.92 Å². The van der Waals surface area contributed by atoms with Gasteiger partial charge in [0.25, 0.3) is 6.43 Å². The molecule has 0 radical (unpaired) electrons. The molecule has 68 valence electrons. The Kier molecular flexibility index (Phi) is 3.42. The summed E-state index contributed by atoms with van der Waals surface area (Å²) in [5.74, 6) is 0.0823. The Balaban J connectivity index is 2.23. The first kappa shape index (κ1) is 9.40. The van der Waals surface area contributed by atoms with Crippen LogP contribution in [0.25, 0.3) is 0 Å². The largest absolute Gasteiger partial charge is 0.298 e. The summed E-state index contributed by atoms with van der Waals surface area (Å²) in [4.78, 5) is 1.72. The van der Waals surface area contributed by atoms with Gasteiger partial charge >= 0.3 is 0 Å². The van der Waals surface area contributed by atoms with E-state index in [1.54, 1.807) is 4.90 Å². The van der Waals surface area contributed by atoms with Crippen molar-refractivity contribution in [2.24, 2.45) is 5.92 Å². The van der Waals surface area contributed by atoms with E-state index in [1.807, 2.05) is 0 Å². The minimum atomic E-state index is -2.25. The summed E-state index contributed by atoms with van der Waals surface area (Å²) in [6.45, 7) is 1.14. The molecule has 0 aromatic carbocycles. The second-order valence-electron chi connectivity index (χ2n) is 3.10. The third-order valence-electron chi connectivity index (χ3n) is 2.17. The molecule has 0 spiro atoms. The molecule has 0 saturated carbocycles. The smallest absolute Gasteiger partial charge is 0.251 e. The van der Waals surface area contributed by atoms with Crippen LogP contribution in [-0.2, 0) is 0 Å². The fourth-order valence-electron chi connectivity index (χ4n) is 1.44. The number of alkyl halides is 2. The maximum absolute atomic E-state index is 11.9. The fourth-order valence-corrected chi connectivity index (χ4v) is 1.44. The predicted octanol–water partition coefficient (Wildman–Crippen LogP) is 1.49. The molecule has 0 aliphatic carbocycles. The number of halogens is 2. The summed E-state index contributed by atoms with van der Waals surface area (Å²) in [7, 11) is 0. The van der Waals surface area contributed by atoms with Crippen molar-refractivity contribution in [2.45, 2.75) is 19.3 Å². The van der Waals surface area contributed by atoms with Gasteiger partial charge in [0.1, 0.15) is 0 Å². The first-order chi connectivity index (χ1) is 5.72. The van der Waals surface area contributed by atoms with Gasteiger partial charge < -0.3 is 0 Å². The summed E-state index contributed by atoms with van der Waals surface area (Å²) in [6.07, 6.45) is -0.768. The number of nitrogens with zero attached hydrogens (tertiary/aromatic N) is 2. The second kappa shape index (κ2) is 4.36. The van der Waals surface area contributed by atoms with E-state index in [-0.39, 0.29) is 12.5 Å². The average Bonchev–Trinajstić information content (AvgIpc) is 2.05. The van der Waals surface area contributed by atoms with Crippen LogP contribution >= 0.6 is 0 Å². The lowest BCUT2D eigenvalue weighted by Crippen LogP contribution is -2.36. The van der Waals surface area contributed by atoms with Gasteiger partial charge in [-0.15, -0.1) is 0 Å². The lowest BCUT2D eigenvalue weighted by atomic mass is 9.99. The Morgan fingerprint density at radius 1 is 1.42 bits per heavy atom. The van der Waals surface area contributed by atoms with Gasteiger partial charge in [0.15, 0.2) is 0 Å². The average molecular weight is 174 g/mol. The van der Waals surface area contributed by atoms with E-state index in [4.69, 9.17) is 5.26 Å². The third kappa shape index (κ3) is 2.74. The zero-order valence-electron chi connectivity index (χ0n) is 6.84. The van der Waals surface area contributed by atoms with Gasteiger partial charge in [-0.25, -0.2) is 8.78 Å². The van der Waals surface area contributed by atoms with Crippen molar-refractivity contribution in [3.8, 4) is 6.07 Å². The molecule has 4 heteroatoms. The molecule has 0 unspecified atom stereocenters. The van der Waals surface area contributed by atoms with Gasteiger partial charge in [-0.1, -0.05) is 0 Å². The monoisotopic (exact) mass is 174 g/mol. The zero-order chi connectivity index (χ0) is 8.97. The van der Waals surface area contributed by atoms with E-state index in [0.29, 0.717) is 13.1 Å². The molecule has 0 bridgehead atoms. The quantitative estimate of drug-likeness (QED) is 0.634. The van der Waals surface area contributed by atoms with E-state index in [9.17, 15) is 8.78 Å². The van der Waals surface area contributed by atoms with Crippen molar-refractivity contribution in [3.63, 3.8) is 0 Å². The van der Waals surface area contributed by atoms with Crippen LogP contribution in [0.15, 0.2) is 0 Å². The number of likely N-dealkylation sites (tertiary alicyclic amines) is 1. The van der Waals surface area contributed by atoms with Gasteiger partial charge in [-0.3, -0.25) is 4.90 Å². The maximum atomic E-state index is 11.9. The summed E-state index contributed by atoms with van der Waals surface area (Å²) in [6, 6.07) is 2.16. The standard InChI is InChI=1S/C8H12F2N2/c9-8(10)6-12-3-1-7(5-11)2-4-12/h7-8H,1-4,6H2. The molecule has 1 aliphatic rings. The summed E-state index contributed by atoms with van der Waals surface area (Å²) in [5, 5.41) is 8.54. The molecule has 1 rings (SSSR count). The molecule has 0 atom stereocenters.